The van der Waals surface area contributed by atoms with Gasteiger partial charge in [0.25, 0.3) is 0 Å². The van der Waals surface area contributed by atoms with Crippen LogP contribution in [0.4, 0.5) is 0 Å². The molecule has 1 fully saturated rings. The summed E-state index contributed by atoms with van der Waals surface area (Å²) in [7, 11) is 0. The summed E-state index contributed by atoms with van der Waals surface area (Å²) >= 11 is 0. The monoisotopic (exact) mass is 124 g/mol. The van der Waals surface area contributed by atoms with Gasteiger partial charge in [0, 0.05) is 5.41 Å². The molecule has 1 saturated carbocycles. The topological polar surface area (TPSA) is 17.1 Å². The van der Waals surface area contributed by atoms with Crippen molar-refractivity contribution in [2.24, 2.45) is 5.41 Å². The number of carbonyl (C=O) groups is 1. The number of rotatable bonds is 3. The van der Waals surface area contributed by atoms with Crippen molar-refractivity contribution in [3.8, 4) is 0 Å². The van der Waals surface area contributed by atoms with Crippen LogP contribution in [-0.4, -0.2) is 5.78 Å². The lowest BCUT2D eigenvalue weighted by Crippen LogP contribution is -2.10. The zero-order valence-electron chi connectivity index (χ0n) is 5.81. The van der Waals surface area contributed by atoms with Gasteiger partial charge >= 0.3 is 0 Å². The third kappa shape index (κ3) is 0.913. The molecule has 0 spiro atoms. The summed E-state index contributed by atoms with van der Waals surface area (Å²) in [5, 5.41) is 0. The predicted octanol–water partition coefficient (Wildman–Crippen LogP) is 1.93. The molecule has 0 aromatic carbocycles. The van der Waals surface area contributed by atoms with Gasteiger partial charge in [-0.05, 0) is 25.3 Å². The zero-order valence-corrected chi connectivity index (χ0v) is 5.81. The number of carbonyl (C=O) groups excluding carboxylic acids is 1. The maximum atomic E-state index is 11.0. The van der Waals surface area contributed by atoms with Gasteiger partial charge in [0.15, 0.2) is 5.78 Å². The average Bonchev–Trinajstić information content (AvgIpc) is 2.66. The molecule has 0 atom stereocenters. The molecular weight excluding hydrogens is 112 g/mol. The van der Waals surface area contributed by atoms with Gasteiger partial charge in [0.05, 0.1) is 0 Å². The highest BCUT2D eigenvalue weighted by atomic mass is 16.1. The summed E-state index contributed by atoms with van der Waals surface area (Å²) < 4.78 is 0. The number of ketones is 1. The normalized spacial score (nSPS) is 21.0. The predicted molar refractivity (Wildman–Crippen MR) is 37.2 cm³/mol. The van der Waals surface area contributed by atoms with Crippen LogP contribution in [0, 0.1) is 5.41 Å². The van der Waals surface area contributed by atoms with E-state index in [0.29, 0.717) is 0 Å². The fourth-order valence-corrected chi connectivity index (χ4v) is 1.14. The van der Waals surface area contributed by atoms with Gasteiger partial charge < -0.3 is 0 Å². The number of hydrogen-bond donors (Lipinski definition) is 0. The molecule has 1 rings (SSSR count). The van der Waals surface area contributed by atoms with E-state index < -0.39 is 0 Å². The first kappa shape index (κ1) is 6.53. The van der Waals surface area contributed by atoms with Crippen LogP contribution in [-0.2, 0) is 4.79 Å². The second-order valence-electron chi connectivity index (χ2n) is 2.70. The van der Waals surface area contributed by atoms with Crippen molar-refractivity contribution >= 4 is 5.78 Å². The van der Waals surface area contributed by atoms with Crippen LogP contribution < -0.4 is 0 Å². The van der Waals surface area contributed by atoms with Gasteiger partial charge in [-0.25, -0.2) is 0 Å². The molecule has 0 saturated heterocycles. The van der Waals surface area contributed by atoms with Crippen molar-refractivity contribution < 1.29 is 4.79 Å². The second-order valence-corrected chi connectivity index (χ2v) is 2.70. The van der Waals surface area contributed by atoms with Crippen LogP contribution >= 0.6 is 0 Å². The lowest BCUT2D eigenvalue weighted by atomic mass is 9.98. The van der Waals surface area contributed by atoms with Crippen molar-refractivity contribution in [3.05, 3.63) is 12.7 Å². The summed E-state index contributed by atoms with van der Waals surface area (Å²) in [5.74, 6) is 0.241. The SMILES string of the molecule is C=CC(=O)C1(CC)CC1. The Morgan fingerprint density at radius 1 is 1.78 bits per heavy atom. The Hall–Kier alpha value is -0.590. The molecule has 0 amide bonds. The molecule has 0 bridgehead atoms. The first-order valence-corrected chi connectivity index (χ1v) is 3.42. The molecule has 1 aliphatic rings. The van der Waals surface area contributed by atoms with E-state index >= 15 is 0 Å². The van der Waals surface area contributed by atoms with Crippen LogP contribution in [0.2, 0.25) is 0 Å². The Kier molecular flexibility index (Phi) is 1.43. The molecule has 0 N–H and O–H groups in total. The molecule has 1 heteroatoms. The molecule has 0 aromatic rings. The number of hydrogen-bond acceptors (Lipinski definition) is 1. The van der Waals surface area contributed by atoms with Gasteiger partial charge in [-0.15, -0.1) is 0 Å². The highest BCUT2D eigenvalue weighted by molar-refractivity contribution is 5.96. The summed E-state index contributed by atoms with van der Waals surface area (Å²) in [6.07, 6.45) is 4.59. The molecule has 0 radical (unpaired) electrons. The Bertz CT molecular complexity index is 143. The average molecular weight is 124 g/mol. The zero-order chi connectivity index (χ0) is 6.91. The molecule has 0 aromatic heterocycles. The third-order valence-electron chi connectivity index (χ3n) is 2.24. The fraction of sp³-hybridized carbons (Fsp3) is 0.625. The van der Waals surface area contributed by atoms with Crippen molar-refractivity contribution in [1.82, 2.24) is 0 Å². The molecule has 9 heavy (non-hydrogen) atoms. The number of allylic oxidation sites excluding steroid dienone is 1. The lowest BCUT2D eigenvalue weighted by molar-refractivity contribution is -0.119. The van der Waals surface area contributed by atoms with E-state index in [0.717, 1.165) is 19.3 Å². The van der Waals surface area contributed by atoms with Gasteiger partial charge in [-0.2, -0.15) is 0 Å². The van der Waals surface area contributed by atoms with Crippen LogP contribution in [0.5, 0.6) is 0 Å². The van der Waals surface area contributed by atoms with E-state index in [-0.39, 0.29) is 11.2 Å². The van der Waals surface area contributed by atoms with Crippen molar-refractivity contribution in [2.45, 2.75) is 26.2 Å². The minimum absolute atomic E-state index is 0.0434. The Morgan fingerprint density at radius 2 is 2.33 bits per heavy atom. The smallest absolute Gasteiger partial charge is 0.161 e. The van der Waals surface area contributed by atoms with E-state index in [1.165, 1.54) is 6.08 Å². The summed E-state index contributed by atoms with van der Waals surface area (Å²) in [4.78, 5) is 11.0. The standard InChI is InChI=1S/C8H12O/c1-3-7(9)8(4-2)5-6-8/h3H,1,4-6H2,2H3. The highest BCUT2D eigenvalue weighted by Crippen LogP contribution is 2.49. The molecule has 0 unspecified atom stereocenters. The van der Waals surface area contributed by atoms with E-state index in [4.69, 9.17) is 0 Å². The van der Waals surface area contributed by atoms with Gasteiger partial charge in [-0.1, -0.05) is 13.5 Å². The minimum Gasteiger partial charge on any atom is -0.294 e. The van der Waals surface area contributed by atoms with Gasteiger partial charge in [-0.3, -0.25) is 4.79 Å². The second kappa shape index (κ2) is 1.98. The van der Waals surface area contributed by atoms with Gasteiger partial charge in [0.2, 0.25) is 0 Å². The third-order valence-corrected chi connectivity index (χ3v) is 2.24. The van der Waals surface area contributed by atoms with E-state index in [9.17, 15) is 4.79 Å². The molecule has 1 aliphatic carbocycles. The minimum atomic E-state index is 0.0434. The summed E-state index contributed by atoms with van der Waals surface area (Å²) in [6.45, 7) is 5.53. The maximum absolute atomic E-state index is 11.0. The van der Waals surface area contributed by atoms with Crippen LogP contribution in [0.3, 0.4) is 0 Å². The Labute approximate surface area is 55.8 Å². The molecule has 0 heterocycles. The maximum Gasteiger partial charge on any atom is 0.161 e. The Balaban J connectivity index is 2.59. The first-order chi connectivity index (χ1) is 4.25. The van der Waals surface area contributed by atoms with Crippen LogP contribution in [0.1, 0.15) is 26.2 Å². The van der Waals surface area contributed by atoms with Crippen LogP contribution in [0.15, 0.2) is 12.7 Å². The van der Waals surface area contributed by atoms with E-state index in [1.54, 1.807) is 0 Å². The molecule has 50 valence electrons. The van der Waals surface area contributed by atoms with Crippen LogP contribution in [0.25, 0.3) is 0 Å². The molecule has 0 aliphatic heterocycles. The van der Waals surface area contributed by atoms with Crippen molar-refractivity contribution in [1.29, 1.82) is 0 Å². The first-order valence-electron chi connectivity index (χ1n) is 3.42. The quantitative estimate of drug-likeness (QED) is 0.525. The Morgan fingerprint density at radius 3 is 2.44 bits per heavy atom. The molecular formula is C8H12O. The summed E-state index contributed by atoms with van der Waals surface area (Å²) in [6, 6.07) is 0. The summed E-state index contributed by atoms with van der Waals surface area (Å²) in [5.41, 5.74) is 0.0434. The molecule has 1 nitrogen and oxygen atoms in total. The van der Waals surface area contributed by atoms with E-state index in [2.05, 4.69) is 13.5 Å². The van der Waals surface area contributed by atoms with Gasteiger partial charge in [0.1, 0.15) is 0 Å². The largest absolute Gasteiger partial charge is 0.294 e. The highest BCUT2D eigenvalue weighted by Gasteiger charge is 2.45. The lowest BCUT2D eigenvalue weighted by Gasteiger charge is -2.04. The van der Waals surface area contributed by atoms with E-state index in [1.807, 2.05) is 0 Å². The van der Waals surface area contributed by atoms with Crippen molar-refractivity contribution in [2.75, 3.05) is 0 Å². The van der Waals surface area contributed by atoms with Crippen molar-refractivity contribution in [3.63, 3.8) is 0 Å². The fourth-order valence-electron chi connectivity index (χ4n) is 1.14.